The smallest absolute Gasteiger partial charge is 0.311 e. The lowest BCUT2D eigenvalue weighted by molar-refractivity contribution is -0.136. The number of morpholine rings is 1. The van der Waals surface area contributed by atoms with Crippen molar-refractivity contribution in [3.05, 3.63) is 24.0 Å². The summed E-state index contributed by atoms with van der Waals surface area (Å²) in [5.74, 6) is -0.394. The number of nitrogens with zero attached hydrogens (tertiary/aromatic N) is 2. The van der Waals surface area contributed by atoms with Crippen LogP contribution in [0.25, 0.3) is 11.0 Å². The van der Waals surface area contributed by atoms with E-state index in [2.05, 4.69) is 14.9 Å². The van der Waals surface area contributed by atoms with E-state index in [1.165, 1.54) is 0 Å². The number of fused-ring (bicyclic) bond motifs is 1. The molecule has 0 bridgehead atoms. The first-order valence-corrected chi connectivity index (χ1v) is 6.25. The summed E-state index contributed by atoms with van der Waals surface area (Å²) < 4.78 is 5.33. The zero-order valence-corrected chi connectivity index (χ0v) is 10.4. The molecule has 1 aliphatic heterocycles. The molecule has 1 fully saturated rings. The maximum atomic E-state index is 10.7. The van der Waals surface area contributed by atoms with Gasteiger partial charge in [0.25, 0.3) is 0 Å². The number of H-pyrrole nitrogens is 1. The first-order chi connectivity index (χ1) is 9.22. The largest absolute Gasteiger partial charge is 0.481 e. The second-order valence-corrected chi connectivity index (χ2v) is 4.55. The van der Waals surface area contributed by atoms with Gasteiger partial charge in [-0.05, 0) is 18.2 Å². The van der Waals surface area contributed by atoms with E-state index in [4.69, 9.17) is 9.84 Å². The molecule has 3 rings (SSSR count). The number of hydrogen-bond acceptors (Lipinski definition) is 4. The third-order valence-corrected chi connectivity index (χ3v) is 3.21. The number of rotatable bonds is 3. The Morgan fingerprint density at radius 2 is 2.21 bits per heavy atom. The van der Waals surface area contributed by atoms with Crippen LogP contribution in [0.5, 0.6) is 0 Å². The molecule has 2 heterocycles. The van der Waals surface area contributed by atoms with Crippen LogP contribution in [-0.4, -0.2) is 47.3 Å². The summed E-state index contributed by atoms with van der Waals surface area (Å²) in [5, 5.41) is 8.77. The van der Waals surface area contributed by atoms with Crippen LogP contribution in [0.2, 0.25) is 0 Å². The number of nitrogens with one attached hydrogen (secondary N) is 1. The first-order valence-electron chi connectivity index (χ1n) is 6.25. The highest BCUT2D eigenvalue weighted by molar-refractivity contribution is 5.80. The number of carboxylic acids is 1. The van der Waals surface area contributed by atoms with Gasteiger partial charge in [0.15, 0.2) is 0 Å². The van der Waals surface area contributed by atoms with Gasteiger partial charge in [0.05, 0.1) is 24.2 Å². The molecule has 0 saturated carbocycles. The van der Waals surface area contributed by atoms with E-state index in [-0.39, 0.29) is 6.42 Å². The number of aromatic nitrogens is 2. The molecule has 0 atom stereocenters. The van der Waals surface area contributed by atoms with E-state index in [0.717, 1.165) is 43.0 Å². The lowest BCUT2D eigenvalue weighted by Gasteiger charge is -2.28. The molecular formula is C13H15N3O3. The molecule has 2 aromatic rings. The van der Waals surface area contributed by atoms with Gasteiger partial charge in [-0.2, -0.15) is 0 Å². The monoisotopic (exact) mass is 261 g/mol. The molecule has 6 heteroatoms. The summed E-state index contributed by atoms with van der Waals surface area (Å²) in [4.78, 5) is 20.3. The molecular weight excluding hydrogens is 246 g/mol. The van der Waals surface area contributed by atoms with Crippen molar-refractivity contribution in [3.63, 3.8) is 0 Å². The number of aliphatic carboxylic acids is 1. The van der Waals surface area contributed by atoms with Crippen molar-refractivity contribution in [1.82, 2.24) is 9.97 Å². The van der Waals surface area contributed by atoms with Gasteiger partial charge in [-0.25, -0.2) is 4.98 Å². The average molecular weight is 261 g/mol. The minimum atomic E-state index is -0.882. The third-order valence-electron chi connectivity index (χ3n) is 3.21. The van der Waals surface area contributed by atoms with Gasteiger partial charge >= 0.3 is 5.97 Å². The first kappa shape index (κ1) is 12.0. The minimum Gasteiger partial charge on any atom is -0.481 e. The summed E-state index contributed by atoms with van der Waals surface area (Å²) in [6.45, 7) is 3.22. The SMILES string of the molecule is O=C(O)Cc1nc2cc(N3CCOCC3)ccc2[nH]1. The Labute approximate surface area is 110 Å². The Morgan fingerprint density at radius 1 is 1.42 bits per heavy atom. The maximum Gasteiger partial charge on any atom is 0.311 e. The molecule has 0 aliphatic carbocycles. The van der Waals surface area contributed by atoms with Gasteiger partial charge in [0, 0.05) is 18.8 Å². The Balaban J connectivity index is 1.89. The second-order valence-electron chi connectivity index (χ2n) is 4.55. The molecule has 0 unspecified atom stereocenters. The zero-order chi connectivity index (χ0) is 13.2. The van der Waals surface area contributed by atoms with Crippen LogP contribution in [-0.2, 0) is 16.0 Å². The fourth-order valence-corrected chi connectivity index (χ4v) is 2.29. The van der Waals surface area contributed by atoms with Crippen molar-refractivity contribution in [3.8, 4) is 0 Å². The number of carboxylic acid groups (broad SMARTS) is 1. The molecule has 0 spiro atoms. The van der Waals surface area contributed by atoms with Gasteiger partial charge in [-0.3, -0.25) is 4.79 Å². The molecule has 1 saturated heterocycles. The van der Waals surface area contributed by atoms with Crippen molar-refractivity contribution < 1.29 is 14.6 Å². The number of benzene rings is 1. The quantitative estimate of drug-likeness (QED) is 0.862. The summed E-state index contributed by atoms with van der Waals surface area (Å²) in [5.41, 5.74) is 2.78. The number of carbonyl (C=O) groups is 1. The minimum absolute atomic E-state index is 0.0818. The molecule has 0 radical (unpaired) electrons. The summed E-state index contributed by atoms with van der Waals surface area (Å²) in [7, 11) is 0. The molecule has 1 aliphatic rings. The highest BCUT2D eigenvalue weighted by atomic mass is 16.5. The van der Waals surface area contributed by atoms with Crippen molar-refractivity contribution in [2.45, 2.75) is 6.42 Å². The van der Waals surface area contributed by atoms with Crippen molar-refractivity contribution in [1.29, 1.82) is 0 Å². The van der Waals surface area contributed by atoms with Gasteiger partial charge < -0.3 is 19.7 Å². The molecule has 6 nitrogen and oxygen atoms in total. The number of anilines is 1. The lowest BCUT2D eigenvalue weighted by atomic mass is 10.2. The standard InChI is InChI=1S/C13H15N3O3/c17-13(18)8-12-14-10-2-1-9(7-11(10)15-12)16-3-5-19-6-4-16/h1-2,7H,3-6,8H2,(H,14,15)(H,17,18). The van der Waals surface area contributed by atoms with Crippen LogP contribution in [0.4, 0.5) is 5.69 Å². The fraction of sp³-hybridized carbons (Fsp3) is 0.385. The summed E-state index contributed by atoms with van der Waals surface area (Å²) in [6.07, 6.45) is -0.0818. The molecule has 100 valence electrons. The van der Waals surface area contributed by atoms with Gasteiger partial charge in [-0.15, -0.1) is 0 Å². The van der Waals surface area contributed by atoms with Crippen LogP contribution in [0.3, 0.4) is 0 Å². The van der Waals surface area contributed by atoms with Crippen molar-refractivity contribution >= 4 is 22.7 Å². The second kappa shape index (κ2) is 4.89. The van der Waals surface area contributed by atoms with Crippen molar-refractivity contribution in [2.24, 2.45) is 0 Å². The number of ether oxygens (including phenoxy) is 1. The molecule has 2 N–H and O–H groups in total. The van der Waals surface area contributed by atoms with Crippen LogP contribution in [0, 0.1) is 0 Å². The average Bonchev–Trinajstić information content (AvgIpc) is 2.79. The van der Waals surface area contributed by atoms with Gasteiger partial charge in [0.1, 0.15) is 12.2 Å². The van der Waals surface area contributed by atoms with E-state index >= 15 is 0 Å². The Hall–Kier alpha value is -2.08. The normalized spacial score (nSPS) is 15.9. The van der Waals surface area contributed by atoms with E-state index in [9.17, 15) is 4.79 Å². The predicted molar refractivity (Wildman–Crippen MR) is 70.5 cm³/mol. The van der Waals surface area contributed by atoms with E-state index in [1.54, 1.807) is 0 Å². The third kappa shape index (κ3) is 2.53. The highest BCUT2D eigenvalue weighted by Crippen LogP contribution is 2.21. The Bertz CT molecular complexity index is 602. The molecule has 1 aromatic carbocycles. The topological polar surface area (TPSA) is 78.4 Å². The highest BCUT2D eigenvalue weighted by Gasteiger charge is 2.13. The van der Waals surface area contributed by atoms with Crippen molar-refractivity contribution in [2.75, 3.05) is 31.2 Å². The Kier molecular flexibility index (Phi) is 3.08. The lowest BCUT2D eigenvalue weighted by Crippen LogP contribution is -2.36. The molecule has 0 amide bonds. The van der Waals surface area contributed by atoms with E-state index < -0.39 is 5.97 Å². The zero-order valence-electron chi connectivity index (χ0n) is 10.4. The summed E-state index contributed by atoms with van der Waals surface area (Å²) >= 11 is 0. The number of aromatic amines is 1. The maximum absolute atomic E-state index is 10.7. The van der Waals surface area contributed by atoms with Crippen LogP contribution in [0.1, 0.15) is 5.82 Å². The van der Waals surface area contributed by atoms with Gasteiger partial charge in [0.2, 0.25) is 0 Å². The number of hydrogen-bond donors (Lipinski definition) is 2. The summed E-state index contributed by atoms with van der Waals surface area (Å²) in [6, 6.07) is 5.96. The van der Waals surface area contributed by atoms with Crippen LogP contribution >= 0.6 is 0 Å². The van der Waals surface area contributed by atoms with Crippen LogP contribution in [0.15, 0.2) is 18.2 Å². The Morgan fingerprint density at radius 3 is 2.95 bits per heavy atom. The van der Waals surface area contributed by atoms with Gasteiger partial charge in [-0.1, -0.05) is 0 Å². The van der Waals surface area contributed by atoms with Crippen LogP contribution < -0.4 is 4.90 Å². The molecule has 19 heavy (non-hydrogen) atoms. The predicted octanol–water partition coefficient (Wildman–Crippen LogP) is 1.03. The number of imidazole rings is 1. The molecule has 1 aromatic heterocycles. The van der Waals surface area contributed by atoms with E-state index in [0.29, 0.717) is 5.82 Å². The fourth-order valence-electron chi connectivity index (χ4n) is 2.29. The van der Waals surface area contributed by atoms with E-state index in [1.807, 2.05) is 18.2 Å².